The Kier molecular flexibility index (Phi) is 4.37. The lowest BCUT2D eigenvalue weighted by molar-refractivity contribution is 0.429. The van der Waals surface area contributed by atoms with Gasteiger partial charge in [0.2, 0.25) is 0 Å². The van der Waals surface area contributed by atoms with E-state index in [-0.39, 0.29) is 0 Å². The summed E-state index contributed by atoms with van der Waals surface area (Å²) in [6.45, 7) is 7.65. The highest BCUT2D eigenvalue weighted by molar-refractivity contribution is 5.40. The molecule has 0 saturated carbocycles. The van der Waals surface area contributed by atoms with Gasteiger partial charge in [-0.25, -0.2) is 4.98 Å². The molecule has 0 spiro atoms. The van der Waals surface area contributed by atoms with Gasteiger partial charge in [-0.3, -0.25) is 0 Å². The van der Waals surface area contributed by atoms with Crippen molar-refractivity contribution in [3.8, 4) is 0 Å². The molecule has 2 heterocycles. The van der Waals surface area contributed by atoms with E-state index in [1.54, 1.807) is 0 Å². The Morgan fingerprint density at radius 1 is 1.47 bits per heavy atom. The van der Waals surface area contributed by atoms with Gasteiger partial charge in [0.05, 0.1) is 0 Å². The van der Waals surface area contributed by atoms with Crippen molar-refractivity contribution in [3.05, 3.63) is 23.9 Å². The zero-order chi connectivity index (χ0) is 12.1. The van der Waals surface area contributed by atoms with Crippen molar-refractivity contribution in [3.63, 3.8) is 0 Å². The number of hydrogen-bond acceptors (Lipinski definition) is 3. The lowest BCUT2D eigenvalue weighted by atomic mass is 10.1. The first-order valence-electron chi connectivity index (χ1n) is 6.72. The van der Waals surface area contributed by atoms with Crippen molar-refractivity contribution in [2.75, 3.05) is 24.5 Å². The van der Waals surface area contributed by atoms with Crippen molar-refractivity contribution in [2.24, 2.45) is 0 Å². The quantitative estimate of drug-likeness (QED) is 0.865. The molecule has 1 unspecified atom stereocenters. The predicted octanol–water partition coefficient (Wildman–Crippen LogP) is 2.36. The van der Waals surface area contributed by atoms with Gasteiger partial charge in [0, 0.05) is 24.8 Å². The van der Waals surface area contributed by atoms with E-state index >= 15 is 0 Å². The van der Waals surface area contributed by atoms with Crippen LogP contribution in [0.5, 0.6) is 0 Å². The molecule has 1 saturated heterocycles. The third-order valence-electron chi connectivity index (χ3n) is 3.34. The van der Waals surface area contributed by atoms with Gasteiger partial charge in [-0.05, 0) is 44.9 Å². The maximum atomic E-state index is 4.67. The van der Waals surface area contributed by atoms with Crippen LogP contribution in [0.3, 0.4) is 0 Å². The molecule has 0 radical (unpaired) electrons. The Morgan fingerprint density at radius 2 is 2.35 bits per heavy atom. The second-order valence-corrected chi connectivity index (χ2v) is 4.83. The Hall–Kier alpha value is -1.09. The summed E-state index contributed by atoms with van der Waals surface area (Å²) in [7, 11) is 0. The average molecular weight is 233 g/mol. The highest BCUT2D eigenvalue weighted by atomic mass is 15.2. The second-order valence-electron chi connectivity index (χ2n) is 4.83. The number of hydrogen-bond donors (Lipinski definition) is 1. The van der Waals surface area contributed by atoms with Crippen LogP contribution in [0.1, 0.15) is 31.9 Å². The zero-order valence-corrected chi connectivity index (χ0v) is 10.9. The molecular formula is C14H23N3. The minimum absolute atomic E-state index is 0.609. The number of nitrogens with zero attached hydrogens (tertiary/aromatic N) is 2. The summed E-state index contributed by atoms with van der Waals surface area (Å²) >= 11 is 0. The summed E-state index contributed by atoms with van der Waals surface area (Å²) in [5.41, 5.74) is 1.10. The number of aryl methyl sites for hydroxylation is 1. The normalized spacial score (nSPS) is 20.2. The summed E-state index contributed by atoms with van der Waals surface area (Å²) in [4.78, 5) is 7.14. The molecular weight excluding hydrogens is 210 g/mol. The van der Waals surface area contributed by atoms with Crippen LogP contribution in [0.2, 0.25) is 0 Å². The fraction of sp³-hybridized carbons (Fsp3) is 0.643. The monoisotopic (exact) mass is 233 g/mol. The number of piperidine rings is 1. The van der Waals surface area contributed by atoms with Gasteiger partial charge < -0.3 is 10.2 Å². The Bertz CT molecular complexity index is 345. The molecule has 0 amide bonds. The fourth-order valence-electron chi connectivity index (χ4n) is 2.51. The van der Waals surface area contributed by atoms with E-state index in [4.69, 9.17) is 0 Å². The summed E-state index contributed by atoms with van der Waals surface area (Å²) in [5.74, 6) is 1.14. The molecule has 0 aliphatic carbocycles. The molecule has 3 nitrogen and oxygen atoms in total. The molecule has 1 fully saturated rings. The van der Waals surface area contributed by atoms with Crippen LogP contribution >= 0.6 is 0 Å². The summed E-state index contributed by atoms with van der Waals surface area (Å²) < 4.78 is 0. The van der Waals surface area contributed by atoms with Gasteiger partial charge >= 0.3 is 0 Å². The van der Waals surface area contributed by atoms with Gasteiger partial charge in [0.15, 0.2) is 0 Å². The van der Waals surface area contributed by atoms with E-state index in [1.165, 1.54) is 19.3 Å². The molecule has 3 heteroatoms. The van der Waals surface area contributed by atoms with Crippen molar-refractivity contribution in [1.82, 2.24) is 10.3 Å². The number of rotatable bonds is 4. The maximum Gasteiger partial charge on any atom is 0.129 e. The van der Waals surface area contributed by atoms with Crippen molar-refractivity contribution in [1.29, 1.82) is 0 Å². The van der Waals surface area contributed by atoms with Crippen molar-refractivity contribution < 1.29 is 0 Å². The standard InChI is InChI=1S/C14H23N3/c1-3-10-17(13-7-5-9-15-11-13)14-8-4-6-12(2)16-14/h4,6,8,13,15H,3,5,7,9-11H2,1-2H3. The molecule has 1 N–H and O–H groups in total. The minimum Gasteiger partial charge on any atom is -0.352 e. The van der Waals surface area contributed by atoms with Crippen molar-refractivity contribution >= 4 is 5.82 Å². The minimum atomic E-state index is 0.609. The van der Waals surface area contributed by atoms with E-state index in [1.807, 2.05) is 0 Å². The number of pyridine rings is 1. The lowest BCUT2D eigenvalue weighted by Crippen LogP contribution is -2.46. The molecule has 0 bridgehead atoms. The highest BCUT2D eigenvalue weighted by Gasteiger charge is 2.21. The van der Waals surface area contributed by atoms with Crippen LogP contribution in [-0.4, -0.2) is 30.7 Å². The first kappa shape index (κ1) is 12.4. The van der Waals surface area contributed by atoms with E-state index in [2.05, 4.69) is 47.2 Å². The molecule has 17 heavy (non-hydrogen) atoms. The van der Waals surface area contributed by atoms with Crippen LogP contribution in [0, 0.1) is 6.92 Å². The van der Waals surface area contributed by atoms with E-state index in [0.717, 1.165) is 31.1 Å². The first-order chi connectivity index (χ1) is 8.31. The van der Waals surface area contributed by atoms with Gasteiger partial charge in [0.25, 0.3) is 0 Å². The van der Waals surface area contributed by atoms with Crippen LogP contribution in [0.25, 0.3) is 0 Å². The van der Waals surface area contributed by atoms with Gasteiger partial charge in [-0.15, -0.1) is 0 Å². The summed E-state index contributed by atoms with van der Waals surface area (Å²) in [5, 5.41) is 3.49. The average Bonchev–Trinajstić information content (AvgIpc) is 2.37. The zero-order valence-electron chi connectivity index (χ0n) is 10.9. The van der Waals surface area contributed by atoms with E-state index in [0.29, 0.717) is 6.04 Å². The third-order valence-corrected chi connectivity index (χ3v) is 3.34. The SMILES string of the molecule is CCCN(c1cccc(C)n1)C1CCCNC1. The number of nitrogens with one attached hydrogen (secondary N) is 1. The molecule has 1 aromatic heterocycles. The molecule has 1 aromatic rings. The Balaban J connectivity index is 2.15. The number of anilines is 1. The first-order valence-corrected chi connectivity index (χ1v) is 6.72. The number of aromatic nitrogens is 1. The second kappa shape index (κ2) is 6.01. The highest BCUT2D eigenvalue weighted by Crippen LogP contribution is 2.19. The largest absolute Gasteiger partial charge is 0.352 e. The lowest BCUT2D eigenvalue weighted by Gasteiger charge is -2.35. The molecule has 1 aliphatic rings. The van der Waals surface area contributed by atoms with Crippen LogP contribution in [0.15, 0.2) is 18.2 Å². The van der Waals surface area contributed by atoms with E-state index in [9.17, 15) is 0 Å². The Morgan fingerprint density at radius 3 is 3.00 bits per heavy atom. The predicted molar refractivity (Wildman–Crippen MR) is 72.5 cm³/mol. The van der Waals surface area contributed by atoms with Gasteiger partial charge in [-0.1, -0.05) is 13.0 Å². The molecule has 1 aliphatic heterocycles. The Labute approximate surface area is 104 Å². The molecule has 2 rings (SSSR count). The maximum absolute atomic E-state index is 4.67. The molecule has 1 atom stereocenters. The third kappa shape index (κ3) is 3.19. The summed E-state index contributed by atoms with van der Waals surface area (Å²) in [6, 6.07) is 6.92. The van der Waals surface area contributed by atoms with Crippen LogP contribution in [-0.2, 0) is 0 Å². The summed E-state index contributed by atoms with van der Waals surface area (Å²) in [6.07, 6.45) is 3.73. The van der Waals surface area contributed by atoms with Crippen molar-refractivity contribution in [2.45, 2.75) is 39.2 Å². The van der Waals surface area contributed by atoms with Crippen LogP contribution in [0.4, 0.5) is 5.82 Å². The van der Waals surface area contributed by atoms with Crippen LogP contribution < -0.4 is 10.2 Å². The van der Waals surface area contributed by atoms with Gasteiger partial charge in [0.1, 0.15) is 5.82 Å². The topological polar surface area (TPSA) is 28.2 Å². The van der Waals surface area contributed by atoms with Gasteiger partial charge in [-0.2, -0.15) is 0 Å². The fourth-order valence-corrected chi connectivity index (χ4v) is 2.51. The molecule has 0 aromatic carbocycles. The van der Waals surface area contributed by atoms with E-state index < -0.39 is 0 Å². The smallest absolute Gasteiger partial charge is 0.129 e. The molecule has 94 valence electrons.